The van der Waals surface area contributed by atoms with Crippen LogP contribution in [0.4, 0.5) is 0 Å². The van der Waals surface area contributed by atoms with Crippen molar-refractivity contribution in [2.24, 2.45) is 12.0 Å². The molecule has 0 radical (unpaired) electrons. The van der Waals surface area contributed by atoms with Crippen LogP contribution in [0, 0.1) is 0 Å². The maximum Gasteiger partial charge on any atom is 0.191 e. The van der Waals surface area contributed by atoms with Crippen molar-refractivity contribution in [3.8, 4) is 5.75 Å². The van der Waals surface area contributed by atoms with Gasteiger partial charge in [-0.1, -0.05) is 24.3 Å². The van der Waals surface area contributed by atoms with Gasteiger partial charge in [-0.2, -0.15) is 0 Å². The lowest BCUT2D eigenvalue weighted by atomic mass is 10.1. The van der Waals surface area contributed by atoms with Gasteiger partial charge >= 0.3 is 0 Å². The molecule has 1 heterocycles. The Hall–Kier alpha value is -2.33. The average Bonchev–Trinajstić information content (AvgIpc) is 3.05. The summed E-state index contributed by atoms with van der Waals surface area (Å²) in [5.74, 6) is 2.27. The number of guanidine groups is 1. The first-order valence-electron chi connectivity index (χ1n) is 10.3. The standard InChI is InChI=1S/C23H31N5O2.HI/c1-5-24-23(26-15-22-27-19-11-6-7-12-20(19)28(22)4)25-14-21(29)17-9-8-10-18(13-17)30-16(2)3;/h6-13,16,21,29H,5,14-15H2,1-4H3,(H2,24,25,26);1H. The highest BCUT2D eigenvalue weighted by atomic mass is 127. The van der Waals surface area contributed by atoms with Gasteiger partial charge in [0.2, 0.25) is 0 Å². The predicted molar refractivity (Wildman–Crippen MR) is 136 cm³/mol. The molecule has 0 amide bonds. The minimum atomic E-state index is -0.680. The summed E-state index contributed by atoms with van der Waals surface area (Å²) in [4.78, 5) is 9.30. The van der Waals surface area contributed by atoms with Crippen molar-refractivity contribution in [1.29, 1.82) is 0 Å². The maximum absolute atomic E-state index is 10.6. The first-order valence-corrected chi connectivity index (χ1v) is 10.3. The van der Waals surface area contributed by atoms with Gasteiger partial charge in [-0.3, -0.25) is 0 Å². The van der Waals surface area contributed by atoms with Gasteiger partial charge < -0.3 is 25.0 Å². The second-order valence-corrected chi connectivity index (χ2v) is 7.41. The number of benzene rings is 2. The van der Waals surface area contributed by atoms with Crippen molar-refractivity contribution >= 4 is 41.0 Å². The molecule has 0 saturated heterocycles. The minimum Gasteiger partial charge on any atom is -0.491 e. The maximum atomic E-state index is 10.6. The van der Waals surface area contributed by atoms with Gasteiger partial charge in [0.1, 0.15) is 18.1 Å². The zero-order valence-corrected chi connectivity index (χ0v) is 20.8. The second kappa shape index (κ2) is 11.9. The van der Waals surface area contributed by atoms with E-state index in [0.717, 1.165) is 34.7 Å². The lowest BCUT2D eigenvalue weighted by molar-refractivity contribution is 0.179. The summed E-state index contributed by atoms with van der Waals surface area (Å²) in [5.41, 5.74) is 2.84. The molecule has 0 aliphatic heterocycles. The molecule has 0 spiro atoms. The van der Waals surface area contributed by atoms with Crippen molar-refractivity contribution in [1.82, 2.24) is 20.2 Å². The molecule has 3 N–H and O–H groups in total. The molecule has 3 aromatic rings. The highest BCUT2D eigenvalue weighted by molar-refractivity contribution is 14.0. The molecular weight excluding hydrogens is 505 g/mol. The fourth-order valence-electron chi connectivity index (χ4n) is 3.21. The van der Waals surface area contributed by atoms with Crippen LogP contribution in [-0.4, -0.2) is 39.8 Å². The average molecular weight is 537 g/mol. The number of hydrogen-bond acceptors (Lipinski definition) is 4. The third-order valence-electron chi connectivity index (χ3n) is 4.68. The topological polar surface area (TPSA) is 83.7 Å². The monoisotopic (exact) mass is 537 g/mol. The molecule has 8 heteroatoms. The molecular formula is C23H32IN5O2. The van der Waals surface area contributed by atoms with Crippen molar-refractivity contribution < 1.29 is 9.84 Å². The summed E-state index contributed by atoms with van der Waals surface area (Å²) in [6.45, 7) is 7.47. The van der Waals surface area contributed by atoms with Crippen LogP contribution in [0.2, 0.25) is 0 Å². The molecule has 2 aromatic carbocycles. The van der Waals surface area contributed by atoms with Crippen LogP contribution in [0.1, 0.15) is 38.3 Å². The van der Waals surface area contributed by atoms with Gasteiger partial charge in [0.15, 0.2) is 5.96 Å². The summed E-state index contributed by atoms with van der Waals surface area (Å²) in [5, 5.41) is 17.0. The first kappa shape index (κ1) is 24.9. The number of aliphatic hydroxyl groups excluding tert-OH is 1. The molecule has 0 bridgehead atoms. The number of ether oxygens (including phenoxy) is 1. The Morgan fingerprint density at radius 2 is 1.94 bits per heavy atom. The Labute approximate surface area is 201 Å². The second-order valence-electron chi connectivity index (χ2n) is 7.41. The van der Waals surface area contributed by atoms with Crippen molar-refractivity contribution in [3.05, 3.63) is 59.9 Å². The molecule has 7 nitrogen and oxygen atoms in total. The van der Waals surface area contributed by atoms with E-state index in [1.54, 1.807) is 0 Å². The van der Waals surface area contributed by atoms with Gasteiger partial charge in [-0.25, -0.2) is 9.98 Å². The van der Waals surface area contributed by atoms with Crippen LogP contribution in [0.25, 0.3) is 11.0 Å². The number of fused-ring (bicyclic) bond motifs is 1. The Balaban J connectivity index is 0.00000341. The summed E-state index contributed by atoms with van der Waals surface area (Å²) >= 11 is 0. The van der Waals surface area contributed by atoms with E-state index in [9.17, 15) is 5.11 Å². The normalized spacial score (nSPS) is 12.5. The van der Waals surface area contributed by atoms with Crippen molar-refractivity contribution in [2.45, 2.75) is 39.5 Å². The van der Waals surface area contributed by atoms with E-state index in [4.69, 9.17) is 4.74 Å². The Morgan fingerprint density at radius 3 is 2.65 bits per heavy atom. The molecule has 1 atom stereocenters. The van der Waals surface area contributed by atoms with E-state index in [0.29, 0.717) is 19.0 Å². The van der Waals surface area contributed by atoms with Crippen LogP contribution in [-0.2, 0) is 13.6 Å². The number of para-hydroxylation sites is 2. The lowest BCUT2D eigenvalue weighted by Gasteiger charge is -2.17. The van der Waals surface area contributed by atoms with Crippen LogP contribution >= 0.6 is 24.0 Å². The molecule has 31 heavy (non-hydrogen) atoms. The third kappa shape index (κ3) is 6.83. The molecule has 1 unspecified atom stereocenters. The quantitative estimate of drug-likeness (QED) is 0.232. The Morgan fingerprint density at radius 1 is 1.16 bits per heavy atom. The largest absolute Gasteiger partial charge is 0.491 e. The van der Waals surface area contributed by atoms with Crippen molar-refractivity contribution in [3.63, 3.8) is 0 Å². The predicted octanol–water partition coefficient (Wildman–Crippen LogP) is 3.77. The zero-order valence-electron chi connectivity index (χ0n) is 18.5. The van der Waals surface area contributed by atoms with Crippen molar-refractivity contribution in [2.75, 3.05) is 13.1 Å². The summed E-state index contributed by atoms with van der Waals surface area (Å²) in [7, 11) is 2.00. The number of hydrogen-bond donors (Lipinski definition) is 3. The van der Waals surface area contributed by atoms with Crippen LogP contribution in [0.3, 0.4) is 0 Å². The molecule has 0 aliphatic rings. The summed E-state index contributed by atoms with van der Waals surface area (Å²) in [6.07, 6.45) is -0.592. The van der Waals surface area contributed by atoms with E-state index in [-0.39, 0.29) is 30.1 Å². The smallest absolute Gasteiger partial charge is 0.191 e. The molecule has 1 aromatic heterocycles. The molecule has 3 rings (SSSR count). The number of aromatic nitrogens is 2. The highest BCUT2D eigenvalue weighted by Gasteiger charge is 2.11. The van der Waals surface area contributed by atoms with E-state index < -0.39 is 6.10 Å². The van der Waals surface area contributed by atoms with Crippen LogP contribution in [0.15, 0.2) is 53.5 Å². The third-order valence-corrected chi connectivity index (χ3v) is 4.68. The van der Waals surface area contributed by atoms with Gasteiger partial charge in [0.25, 0.3) is 0 Å². The zero-order chi connectivity index (χ0) is 21.5. The lowest BCUT2D eigenvalue weighted by Crippen LogP contribution is -2.39. The SMILES string of the molecule is CCNC(=NCc1nc2ccccc2n1C)NCC(O)c1cccc(OC(C)C)c1.I. The highest BCUT2D eigenvalue weighted by Crippen LogP contribution is 2.20. The van der Waals surface area contributed by atoms with Crippen LogP contribution in [0.5, 0.6) is 5.75 Å². The fourth-order valence-corrected chi connectivity index (χ4v) is 3.21. The number of imidazole rings is 1. The fraction of sp³-hybridized carbons (Fsp3) is 0.391. The number of aliphatic imine (C=N–C) groups is 1. The van der Waals surface area contributed by atoms with Gasteiger partial charge in [-0.05, 0) is 50.6 Å². The Kier molecular flexibility index (Phi) is 9.57. The number of aliphatic hydroxyl groups is 1. The molecule has 168 valence electrons. The number of aryl methyl sites for hydroxylation is 1. The number of rotatable bonds is 8. The summed E-state index contributed by atoms with van der Waals surface area (Å²) < 4.78 is 7.77. The number of halogens is 1. The number of nitrogens with zero attached hydrogens (tertiary/aromatic N) is 3. The Bertz CT molecular complexity index is 1000. The molecule has 0 saturated carbocycles. The van der Waals surface area contributed by atoms with E-state index in [1.165, 1.54) is 0 Å². The minimum absolute atomic E-state index is 0. The van der Waals surface area contributed by atoms with E-state index in [1.807, 2.05) is 76.3 Å². The van der Waals surface area contributed by atoms with Gasteiger partial charge in [0, 0.05) is 20.1 Å². The van der Waals surface area contributed by atoms with Crippen LogP contribution < -0.4 is 15.4 Å². The first-order chi connectivity index (χ1) is 14.5. The van der Waals surface area contributed by atoms with Gasteiger partial charge in [-0.15, -0.1) is 24.0 Å². The number of nitrogens with one attached hydrogen (secondary N) is 2. The van der Waals surface area contributed by atoms with Gasteiger partial charge in [0.05, 0.1) is 23.2 Å². The van der Waals surface area contributed by atoms with E-state index >= 15 is 0 Å². The summed E-state index contributed by atoms with van der Waals surface area (Å²) in [6, 6.07) is 15.6. The van der Waals surface area contributed by atoms with E-state index in [2.05, 4.69) is 25.2 Å². The molecule has 0 aliphatic carbocycles. The molecule has 0 fully saturated rings.